The van der Waals surface area contributed by atoms with E-state index in [2.05, 4.69) is 15.3 Å². The molecule has 0 unspecified atom stereocenters. The number of aromatic nitrogens is 2. The van der Waals surface area contributed by atoms with Gasteiger partial charge in [0.15, 0.2) is 0 Å². The number of nitrogens with zero attached hydrogens (tertiary/aromatic N) is 3. The quantitative estimate of drug-likeness (QED) is 0.862. The lowest BCUT2D eigenvalue weighted by Gasteiger charge is -2.10. The number of hydrogen-bond acceptors (Lipinski definition) is 4. The van der Waals surface area contributed by atoms with Gasteiger partial charge in [-0.05, 0) is 11.1 Å². The molecule has 21 heavy (non-hydrogen) atoms. The molecule has 0 spiro atoms. The average Bonchev–Trinajstić information content (AvgIpc) is 2.46. The van der Waals surface area contributed by atoms with Crippen LogP contribution in [-0.2, 0) is 17.8 Å². The van der Waals surface area contributed by atoms with Crippen molar-refractivity contribution in [1.29, 1.82) is 0 Å². The molecule has 6 heteroatoms. The van der Waals surface area contributed by atoms with Crippen LogP contribution < -0.4 is 5.32 Å². The molecule has 0 aliphatic carbocycles. The molecule has 0 radical (unpaired) electrons. The third-order valence-electron chi connectivity index (χ3n) is 2.98. The van der Waals surface area contributed by atoms with E-state index in [1.807, 2.05) is 24.3 Å². The standard InChI is InChI=1S/C15H17ClN4O/c1-20(2)15(21)7-11-3-5-12(6-4-11)9-17-14-8-13(16)18-10-19-14/h3-6,8,10H,7,9H2,1-2H3,(H,17,18,19). The minimum atomic E-state index is 0.0940. The van der Waals surface area contributed by atoms with Crippen molar-refractivity contribution in [3.63, 3.8) is 0 Å². The molecule has 2 rings (SSSR count). The van der Waals surface area contributed by atoms with Gasteiger partial charge in [-0.25, -0.2) is 9.97 Å². The maximum absolute atomic E-state index is 11.6. The Bertz CT molecular complexity index is 613. The Labute approximate surface area is 129 Å². The zero-order valence-corrected chi connectivity index (χ0v) is 12.8. The largest absolute Gasteiger partial charge is 0.366 e. The van der Waals surface area contributed by atoms with Gasteiger partial charge in [-0.1, -0.05) is 35.9 Å². The third kappa shape index (κ3) is 4.72. The summed E-state index contributed by atoms with van der Waals surface area (Å²) in [6, 6.07) is 9.59. The predicted molar refractivity (Wildman–Crippen MR) is 83.2 cm³/mol. The number of halogens is 1. The van der Waals surface area contributed by atoms with E-state index in [9.17, 15) is 4.79 Å². The number of carbonyl (C=O) groups is 1. The van der Waals surface area contributed by atoms with Crippen LogP contribution in [0, 0.1) is 0 Å². The van der Waals surface area contributed by atoms with E-state index in [-0.39, 0.29) is 5.91 Å². The van der Waals surface area contributed by atoms with Crippen LogP contribution in [-0.4, -0.2) is 34.9 Å². The summed E-state index contributed by atoms with van der Waals surface area (Å²) in [5, 5.41) is 3.58. The zero-order chi connectivity index (χ0) is 15.2. The van der Waals surface area contributed by atoms with Crippen LogP contribution in [0.5, 0.6) is 0 Å². The highest BCUT2D eigenvalue weighted by atomic mass is 35.5. The summed E-state index contributed by atoms with van der Waals surface area (Å²) in [6.07, 6.45) is 1.84. The molecule has 0 aliphatic rings. The van der Waals surface area contributed by atoms with Gasteiger partial charge in [0.1, 0.15) is 17.3 Å². The fraction of sp³-hybridized carbons (Fsp3) is 0.267. The fourth-order valence-electron chi connectivity index (χ4n) is 1.73. The Hall–Kier alpha value is -2.14. The summed E-state index contributed by atoms with van der Waals surface area (Å²) in [7, 11) is 3.51. The third-order valence-corrected chi connectivity index (χ3v) is 3.19. The maximum Gasteiger partial charge on any atom is 0.226 e. The van der Waals surface area contributed by atoms with Gasteiger partial charge in [-0.2, -0.15) is 0 Å². The van der Waals surface area contributed by atoms with Crippen LogP contribution in [0.25, 0.3) is 0 Å². The second-order valence-electron chi connectivity index (χ2n) is 4.86. The predicted octanol–water partition coefficient (Wildman–Crippen LogP) is 2.37. The van der Waals surface area contributed by atoms with Crippen LogP contribution >= 0.6 is 11.6 Å². The first kappa shape index (κ1) is 15.3. The SMILES string of the molecule is CN(C)C(=O)Cc1ccc(CNc2cc(Cl)ncn2)cc1. The molecular formula is C15H17ClN4O. The number of likely N-dealkylation sites (N-methyl/N-ethyl adjacent to an activating group) is 1. The van der Waals surface area contributed by atoms with Gasteiger partial charge in [0.25, 0.3) is 0 Å². The van der Waals surface area contributed by atoms with E-state index in [1.54, 1.807) is 25.1 Å². The minimum absolute atomic E-state index is 0.0940. The molecule has 0 bridgehead atoms. The normalized spacial score (nSPS) is 10.2. The van der Waals surface area contributed by atoms with Crippen molar-refractivity contribution in [3.8, 4) is 0 Å². The van der Waals surface area contributed by atoms with Gasteiger partial charge in [0.2, 0.25) is 5.91 Å². The van der Waals surface area contributed by atoms with Crippen LogP contribution in [0.2, 0.25) is 5.15 Å². The molecule has 1 N–H and O–H groups in total. The molecule has 0 aliphatic heterocycles. The van der Waals surface area contributed by atoms with Crippen molar-refractivity contribution in [2.75, 3.05) is 19.4 Å². The summed E-state index contributed by atoms with van der Waals surface area (Å²) in [5.74, 6) is 0.776. The Balaban J connectivity index is 1.92. The number of benzene rings is 1. The van der Waals surface area contributed by atoms with Crippen molar-refractivity contribution in [2.24, 2.45) is 0 Å². The van der Waals surface area contributed by atoms with Crippen LogP contribution in [0.15, 0.2) is 36.7 Å². The van der Waals surface area contributed by atoms with E-state index in [4.69, 9.17) is 11.6 Å². The molecule has 1 amide bonds. The molecule has 0 atom stereocenters. The maximum atomic E-state index is 11.6. The number of carbonyl (C=O) groups excluding carboxylic acids is 1. The lowest BCUT2D eigenvalue weighted by molar-refractivity contribution is -0.127. The first-order valence-electron chi connectivity index (χ1n) is 6.54. The highest BCUT2D eigenvalue weighted by Gasteiger charge is 2.05. The molecule has 1 aromatic carbocycles. The molecular weight excluding hydrogens is 288 g/mol. The lowest BCUT2D eigenvalue weighted by atomic mass is 10.1. The second kappa shape index (κ2) is 7.04. The topological polar surface area (TPSA) is 58.1 Å². The fourth-order valence-corrected chi connectivity index (χ4v) is 1.88. The van der Waals surface area contributed by atoms with Gasteiger partial charge >= 0.3 is 0 Å². The highest BCUT2D eigenvalue weighted by Crippen LogP contribution is 2.11. The first-order valence-corrected chi connectivity index (χ1v) is 6.92. The Morgan fingerprint density at radius 2 is 1.86 bits per heavy atom. The smallest absolute Gasteiger partial charge is 0.226 e. The van der Waals surface area contributed by atoms with Crippen molar-refractivity contribution in [2.45, 2.75) is 13.0 Å². The zero-order valence-electron chi connectivity index (χ0n) is 12.0. The first-order chi connectivity index (χ1) is 10.0. The summed E-state index contributed by atoms with van der Waals surface area (Å²) in [4.78, 5) is 21.1. The molecule has 0 saturated heterocycles. The van der Waals surface area contributed by atoms with Crippen molar-refractivity contribution in [1.82, 2.24) is 14.9 Å². The van der Waals surface area contributed by atoms with Gasteiger partial charge in [0, 0.05) is 26.7 Å². The van der Waals surface area contributed by atoms with Crippen molar-refractivity contribution < 1.29 is 4.79 Å². The Kier molecular flexibility index (Phi) is 5.11. The summed E-state index contributed by atoms with van der Waals surface area (Å²) < 4.78 is 0. The van der Waals surface area contributed by atoms with Crippen molar-refractivity contribution in [3.05, 3.63) is 52.9 Å². The molecule has 0 fully saturated rings. The molecule has 2 aromatic rings. The van der Waals surface area contributed by atoms with Crippen LogP contribution in [0.1, 0.15) is 11.1 Å². The van der Waals surface area contributed by atoms with E-state index >= 15 is 0 Å². The number of nitrogens with one attached hydrogen (secondary N) is 1. The highest BCUT2D eigenvalue weighted by molar-refractivity contribution is 6.29. The number of anilines is 1. The van der Waals surface area contributed by atoms with E-state index in [0.29, 0.717) is 23.9 Å². The number of rotatable bonds is 5. The summed E-state index contributed by atoms with van der Waals surface area (Å²) >= 11 is 5.79. The number of amides is 1. The molecule has 0 saturated carbocycles. The minimum Gasteiger partial charge on any atom is -0.366 e. The van der Waals surface area contributed by atoms with Gasteiger partial charge in [0.05, 0.1) is 6.42 Å². The second-order valence-corrected chi connectivity index (χ2v) is 5.25. The summed E-state index contributed by atoms with van der Waals surface area (Å²) in [6.45, 7) is 0.634. The monoisotopic (exact) mass is 304 g/mol. The average molecular weight is 305 g/mol. The summed E-state index contributed by atoms with van der Waals surface area (Å²) in [5.41, 5.74) is 2.10. The molecule has 110 valence electrons. The van der Waals surface area contributed by atoms with E-state index < -0.39 is 0 Å². The van der Waals surface area contributed by atoms with Crippen LogP contribution in [0.3, 0.4) is 0 Å². The van der Waals surface area contributed by atoms with E-state index in [0.717, 1.165) is 11.1 Å². The Morgan fingerprint density at radius 3 is 2.48 bits per heavy atom. The van der Waals surface area contributed by atoms with Crippen LogP contribution in [0.4, 0.5) is 5.82 Å². The number of hydrogen-bond donors (Lipinski definition) is 1. The Morgan fingerprint density at radius 1 is 1.19 bits per heavy atom. The molecule has 1 heterocycles. The lowest BCUT2D eigenvalue weighted by Crippen LogP contribution is -2.23. The van der Waals surface area contributed by atoms with E-state index in [1.165, 1.54) is 6.33 Å². The molecule has 5 nitrogen and oxygen atoms in total. The van der Waals surface area contributed by atoms with Gasteiger partial charge in [-0.3, -0.25) is 4.79 Å². The molecule has 1 aromatic heterocycles. The van der Waals surface area contributed by atoms with Gasteiger partial charge in [-0.15, -0.1) is 0 Å². The van der Waals surface area contributed by atoms with Crippen molar-refractivity contribution >= 4 is 23.3 Å². The van der Waals surface area contributed by atoms with Gasteiger partial charge < -0.3 is 10.2 Å².